The maximum Gasteiger partial charge on any atom is 0.446 e. The fourth-order valence-electron chi connectivity index (χ4n) is 1.53. The molecule has 1 heterocycles. The van der Waals surface area contributed by atoms with E-state index >= 15 is 0 Å². The molecule has 0 atom stereocenters. The summed E-state index contributed by atoms with van der Waals surface area (Å²) in [5, 5.41) is 6.03. The van der Waals surface area contributed by atoms with E-state index in [1.807, 2.05) is 0 Å². The minimum Gasteiger partial charge on any atom is -0.343 e. The van der Waals surface area contributed by atoms with Crippen LogP contribution < -0.4 is 5.32 Å². The molecule has 0 saturated carbocycles. The Bertz CT molecular complexity index is 743. The molecule has 2 aromatic rings. The van der Waals surface area contributed by atoms with Gasteiger partial charge < -0.3 is 5.32 Å². The summed E-state index contributed by atoms with van der Waals surface area (Å²) in [5.41, 5.74) is -4.67. The molecule has 24 heavy (non-hydrogen) atoms. The molecule has 0 bridgehead atoms. The average molecular weight is 529 g/mol. The Labute approximate surface area is 162 Å². The SMILES string of the molecule is FC(F)c1nnsc1C(=S)Nc1c(Br)cc(SC(F)(F)F)cc1Br. The largest absolute Gasteiger partial charge is 0.446 e. The molecule has 3 nitrogen and oxygen atoms in total. The molecule has 0 fully saturated rings. The number of rotatable bonds is 4. The lowest BCUT2D eigenvalue weighted by Gasteiger charge is -2.13. The average Bonchev–Trinajstić information content (AvgIpc) is 2.90. The minimum atomic E-state index is -4.43. The molecule has 0 unspecified atom stereocenters. The molecular formula is C11H4Br2F5N3S3. The minimum absolute atomic E-state index is 0.00690. The van der Waals surface area contributed by atoms with Crippen LogP contribution in [0.4, 0.5) is 27.6 Å². The highest BCUT2D eigenvalue weighted by Gasteiger charge is 2.30. The lowest BCUT2D eigenvalue weighted by atomic mass is 10.3. The van der Waals surface area contributed by atoms with Crippen molar-refractivity contribution in [3.05, 3.63) is 31.6 Å². The van der Waals surface area contributed by atoms with Crippen molar-refractivity contribution in [2.24, 2.45) is 0 Å². The van der Waals surface area contributed by atoms with E-state index in [0.29, 0.717) is 17.2 Å². The summed E-state index contributed by atoms with van der Waals surface area (Å²) in [4.78, 5) is -0.115. The molecule has 1 N–H and O–H groups in total. The van der Waals surface area contributed by atoms with Gasteiger partial charge in [-0.1, -0.05) is 16.7 Å². The molecule has 0 aliphatic carbocycles. The summed E-state index contributed by atoms with van der Waals surface area (Å²) >= 11 is 11.8. The van der Waals surface area contributed by atoms with E-state index in [4.69, 9.17) is 12.2 Å². The lowest BCUT2D eigenvalue weighted by Crippen LogP contribution is -2.12. The second-order valence-electron chi connectivity index (χ2n) is 4.05. The molecule has 0 radical (unpaired) electrons. The van der Waals surface area contributed by atoms with Gasteiger partial charge in [-0.3, -0.25) is 0 Å². The molecule has 13 heteroatoms. The number of hydrogen-bond acceptors (Lipinski definition) is 5. The Morgan fingerprint density at radius 1 is 1.25 bits per heavy atom. The number of nitrogens with one attached hydrogen (secondary N) is 1. The predicted molar refractivity (Wildman–Crippen MR) is 93.9 cm³/mol. The summed E-state index contributed by atoms with van der Waals surface area (Å²) < 4.78 is 66.9. The van der Waals surface area contributed by atoms with E-state index in [2.05, 4.69) is 46.8 Å². The summed E-state index contributed by atoms with van der Waals surface area (Å²) in [5.74, 6) is 0. The molecule has 1 aromatic heterocycles. The van der Waals surface area contributed by atoms with Crippen molar-refractivity contribution in [3.63, 3.8) is 0 Å². The fourth-order valence-corrected chi connectivity index (χ4v) is 4.72. The fraction of sp³-hybridized carbons (Fsp3) is 0.182. The number of thioether (sulfide) groups is 1. The molecule has 2 rings (SSSR count). The first-order valence-corrected chi connectivity index (χ1v) is 9.33. The Morgan fingerprint density at radius 2 is 1.83 bits per heavy atom. The van der Waals surface area contributed by atoms with Crippen molar-refractivity contribution < 1.29 is 22.0 Å². The van der Waals surface area contributed by atoms with Gasteiger partial charge >= 0.3 is 5.51 Å². The van der Waals surface area contributed by atoms with Crippen molar-refractivity contribution in [3.8, 4) is 0 Å². The maximum atomic E-state index is 12.8. The monoisotopic (exact) mass is 527 g/mol. The summed E-state index contributed by atoms with van der Waals surface area (Å²) in [6, 6.07) is 2.49. The topological polar surface area (TPSA) is 37.8 Å². The number of halogens is 7. The predicted octanol–water partition coefficient (Wildman–Crippen LogP) is 6.40. The first kappa shape index (κ1) is 19.9. The quantitative estimate of drug-likeness (QED) is 0.282. The van der Waals surface area contributed by atoms with Crippen molar-refractivity contribution in [2.75, 3.05) is 5.32 Å². The number of aromatic nitrogens is 2. The van der Waals surface area contributed by atoms with Crippen LogP contribution >= 0.6 is 67.4 Å². The number of benzene rings is 1. The molecule has 0 saturated heterocycles. The van der Waals surface area contributed by atoms with E-state index in [-0.39, 0.29) is 35.5 Å². The second-order valence-corrected chi connectivity index (χ2v) is 8.06. The van der Waals surface area contributed by atoms with Gasteiger partial charge in [0.2, 0.25) is 0 Å². The first-order valence-electron chi connectivity index (χ1n) is 5.75. The van der Waals surface area contributed by atoms with Crippen LogP contribution in [0.5, 0.6) is 0 Å². The van der Waals surface area contributed by atoms with Crippen LogP contribution in [-0.2, 0) is 0 Å². The third kappa shape index (κ3) is 5.07. The molecule has 0 aliphatic rings. The van der Waals surface area contributed by atoms with Crippen molar-refractivity contribution >= 4 is 78.0 Å². The molecule has 0 spiro atoms. The Balaban J connectivity index is 2.27. The first-order chi connectivity index (χ1) is 11.1. The third-order valence-electron chi connectivity index (χ3n) is 2.41. The molecule has 0 aliphatic heterocycles. The van der Waals surface area contributed by atoms with E-state index in [1.54, 1.807) is 0 Å². The van der Waals surface area contributed by atoms with E-state index in [1.165, 1.54) is 12.1 Å². The van der Waals surface area contributed by atoms with Gasteiger partial charge in [-0.2, -0.15) is 13.2 Å². The lowest BCUT2D eigenvalue weighted by molar-refractivity contribution is -0.0328. The number of nitrogens with zero attached hydrogens (tertiary/aromatic N) is 2. The van der Waals surface area contributed by atoms with E-state index in [9.17, 15) is 22.0 Å². The van der Waals surface area contributed by atoms with Gasteiger partial charge in [0, 0.05) is 13.8 Å². The zero-order valence-electron chi connectivity index (χ0n) is 11.0. The number of alkyl halides is 5. The highest BCUT2D eigenvalue weighted by Crippen LogP contribution is 2.42. The summed E-state index contributed by atoms with van der Waals surface area (Å²) in [6.07, 6.45) is -2.84. The molecule has 1 aromatic carbocycles. The van der Waals surface area contributed by atoms with Gasteiger partial charge in [0.05, 0.1) is 5.69 Å². The zero-order valence-corrected chi connectivity index (χ0v) is 16.6. The smallest absolute Gasteiger partial charge is 0.343 e. The molecule has 130 valence electrons. The van der Waals surface area contributed by atoms with Crippen LogP contribution in [0.2, 0.25) is 0 Å². The number of hydrogen-bond donors (Lipinski definition) is 1. The van der Waals surface area contributed by atoms with E-state index < -0.39 is 17.6 Å². The highest BCUT2D eigenvalue weighted by atomic mass is 79.9. The van der Waals surface area contributed by atoms with Gasteiger partial charge in [0.1, 0.15) is 9.87 Å². The van der Waals surface area contributed by atoms with Crippen molar-refractivity contribution in [1.29, 1.82) is 0 Å². The van der Waals surface area contributed by atoms with Crippen molar-refractivity contribution in [1.82, 2.24) is 9.59 Å². The van der Waals surface area contributed by atoms with Crippen LogP contribution in [0.25, 0.3) is 0 Å². The van der Waals surface area contributed by atoms with Crippen LogP contribution in [-0.4, -0.2) is 20.1 Å². The number of anilines is 1. The Hall–Kier alpha value is -0.370. The molecular weight excluding hydrogens is 525 g/mol. The zero-order chi connectivity index (χ0) is 18.1. The second kappa shape index (κ2) is 7.89. The summed E-state index contributed by atoms with van der Waals surface area (Å²) in [6.45, 7) is 0. The van der Waals surface area contributed by atoms with Crippen LogP contribution in [0, 0.1) is 0 Å². The number of thiocarbonyl (C=S) groups is 1. The van der Waals surface area contributed by atoms with Crippen LogP contribution in [0.15, 0.2) is 26.0 Å². The van der Waals surface area contributed by atoms with Gasteiger partial charge in [-0.25, -0.2) is 8.78 Å². The van der Waals surface area contributed by atoms with Crippen molar-refractivity contribution in [2.45, 2.75) is 16.8 Å². The Kier molecular flexibility index (Phi) is 6.56. The van der Waals surface area contributed by atoms with Gasteiger partial charge in [0.15, 0.2) is 5.69 Å². The van der Waals surface area contributed by atoms with E-state index in [0.717, 1.165) is 0 Å². The van der Waals surface area contributed by atoms with Gasteiger partial charge in [0.25, 0.3) is 6.43 Å². The third-order valence-corrected chi connectivity index (χ3v) is 5.56. The van der Waals surface area contributed by atoms with Crippen LogP contribution in [0.1, 0.15) is 17.0 Å². The van der Waals surface area contributed by atoms with Gasteiger partial charge in [-0.15, -0.1) is 5.10 Å². The normalized spacial score (nSPS) is 11.8. The Morgan fingerprint density at radius 3 is 2.33 bits per heavy atom. The van der Waals surface area contributed by atoms with Crippen LogP contribution in [0.3, 0.4) is 0 Å². The standard InChI is InChI=1S/C11H4Br2F5N3S3/c12-4-1-3(23-11(16,17)18)2-5(13)6(4)19-10(22)8-7(9(14)15)20-21-24-8/h1-2,9H,(H,19,22). The molecule has 0 amide bonds. The highest BCUT2D eigenvalue weighted by molar-refractivity contribution is 9.11. The summed E-state index contributed by atoms with van der Waals surface area (Å²) in [7, 11) is 0. The maximum absolute atomic E-state index is 12.8. The van der Waals surface area contributed by atoms with Gasteiger partial charge in [-0.05, 0) is 67.3 Å².